The number of amides is 1. The van der Waals surface area contributed by atoms with Crippen molar-refractivity contribution in [2.45, 2.75) is 26.4 Å². The lowest BCUT2D eigenvalue weighted by Gasteiger charge is -2.31. The number of halogens is 3. The van der Waals surface area contributed by atoms with E-state index in [9.17, 15) is 13.6 Å². The summed E-state index contributed by atoms with van der Waals surface area (Å²) in [5.41, 5.74) is 10.3. The van der Waals surface area contributed by atoms with Gasteiger partial charge in [0.05, 0.1) is 11.9 Å². The van der Waals surface area contributed by atoms with Gasteiger partial charge in [-0.3, -0.25) is 9.20 Å². The maximum atomic E-state index is 13.1. The highest BCUT2D eigenvalue weighted by atomic mass is 35.5. The van der Waals surface area contributed by atoms with E-state index in [1.807, 2.05) is 34.4 Å². The molecule has 200 valence electrons. The molecule has 0 spiro atoms. The number of aromatic nitrogens is 3. The van der Waals surface area contributed by atoms with E-state index in [-0.39, 0.29) is 24.1 Å². The van der Waals surface area contributed by atoms with Crippen LogP contribution in [-0.2, 0) is 0 Å². The number of benzene rings is 2. The van der Waals surface area contributed by atoms with Crippen molar-refractivity contribution in [1.82, 2.24) is 19.3 Å². The third kappa shape index (κ3) is 5.71. The van der Waals surface area contributed by atoms with Crippen molar-refractivity contribution in [3.05, 3.63) is 72.2 Å². The zero-order valence-corrected chi connectivity index (χ0v) is 21.6. The largest absolute Gasteiger partial charge is 0.435 e. The van der Waals surface area contributed by atoms with Crippen molar-refractivity contribution in [3.8, 4) is 17.0 Å². The number of carbonyl (C=O) groups excluding carboxylic acids is 1. The fourth-order valence-electron chi connectivity index (χ4n) is 4.69. The van der Waals surface area contributed by atoms with Gasteiger partial charge >= 0.3 is 6.61 Å². The Morgan fingerprint density at radius 3 is 2.55 bits per heavy atom. The van der Waals surface area contributed by atoms with E-state index in [1.165, 1.54) is 12.1 Å². The molecule has 4 aromatic rings. The van der Waals surface area contributed by atoms with Gasteiger partial charge in [0.2, 0.25) is 0 Å². The number of anilines is 2. The van der Waals surface area contributed by atoms with Gasteiger partial charge in [0.25, 0.3) is 5.91 Å². The molecule has 1 aliphatic rings. The predicted octanol–water partition coefficient (Wildman–Crippen LogP) is 5.28. The average Bonchev–Trinajstić information content (AvgIpc) is 3.34. The van der Waals surface area contributed by atoms with Crippen LogP contribution in [0.3, 0.4) is 0 Å². The molecule has 2 aromatic heterocycles. The van der Waals surface area contributed by atoms with E-state index in [1.54, 1.807) is 30.7 Å². The SMILES string of the molecule is Cc1cc(Nc2nccn3c(-c4ccc(OC(F)F)cc4)cnc23)ccc1C(=O)N1CCC(CN)CC1.Cl. The molecule has 11 heteroatoms. The minimum absolute atomic E-state index is 0. The molecule has 1 amide bonds. The van der Waals surface area contributed by atoms with Crippen LogP contribution in [0.4, 0.5) is 20.3 Å². The molecule has 38 heavy (non-hydrogen) atoms. The Hall–Kier alpha value is -3.76. The van der Waals surface area contributed by atoms with E-state index < -0.39 is 6.61 Å². The second-order valence-corrected chi connectivity index (χ2v) is 9.14. The summed E-state index contributed by atoms with van der Waals surface area (Å²) < 4.78 is 31.2. The summed E-state index contributed by atoms with van der Waals surface area (Å²) in [6, 6.07) is 12.0. The number of nitrogens with zero attached hydrogens (tertiary/aromatic N) is 4. The molecule has 5 rings (SSSR count). The predicted molar refractivity (Wildman–Crippen MR) is 144 cm³/mol. The van der Waals surface area contributed by atoms with E-state index >= 15 is 0 Å². The smallest absolute Gasteiger partial charge is 0.387 e. The van der Waals surface area contributed by atoms with E-state index in [0.29, 0.717) is 29.5 Å². The third-order valence-electron chi connectivity index (χ3n) is 6.76. The van der Waals surface area contributed by atoms with Gasteiger partial charge in [-0.2, -0.15) is 8.78 Å². The summed E-state index contributed by atoms with van der Waals surface area (Å²) in [7, 11) is 0. The van der Waals surface area contributed by atoms with Crippen molar-refractivity contribution < 1.29 is 18.3 Å². The molecule has 1 fully saturated rings. The third-order valence-corrected chi connectivity index (χ3v) is 6.76. The molecule has 0 aliphatic carbocycles. The first-order valence-corrected chi connectivity index (χ1v) is 12.2. The fraction of sp³-hybridized carbons (Fsp3) is 0.296. The monoisotopic (exact) mass is 542 g/mol. The second-order valence-electron chi connectivity index (χ2n) is 9.14. The highest BCUT2D eigenvalue weighted by molar-refractivity contribution is 5.96. The number of aryl methyl sites for hydroxylation is 1. The first-order valence-electron chi connectivity index (χ1n) is 12.2. The van der Waals surface area contributed by atoms with Crippen LogP contribution in [-0.4, -0.2) is 51.4 Å². The van der Waals surface area contributed by atoms with Crippen molar-refractivity contribution in [3.63, 3.8) is 0 Å². The van der Waals surface area contributed by atoms with Crippen LogP contribution >= 0.6 is 12.4 Å². The number of hydrogen-bond acceptors (Lipinski definition) is 6. The number of nitrogens with one attached hydrogen (secondary N) is 1. The van der Waals surface area contributed by atoms with Crippen molar-refractivity contribution in [2.24, 2.45) is 11.7 Å². The number of imidazole rings is 1. The summed E-state index contributed by atoms with van der Waals surface area (Å²) in [5.74, 6) is 1.18. The normalized spacial score (nSPS) is 14.0. The number of ether oxygens (including phenoxy) is 1. The molecule has 1 saturated heterocycles. The standard InChI is InChI=1S/C27H28F2N6O2.ClH/c1-17-14-20(4-7-22(17)26(36)34-11-8-18(15-30)9-12-34)33-24-25-32-16-23(35(25)13-10-31-24)19-2-5-21(6-3-19)37-27(28)29;/h2-7,10,13-14,16,18,27H,8-9,11-12,15,30H2,1H3,(H,31,33);1H. The Bertz CT molecular complexity index is 1400. The number of rotatable bonds is 7. The minimum Gasteiger partial charge on any atom is -0.435 e. The Labute approximate surface area is 225 Å². The molecule has 0 unspecified atom stereocenters. The number of piperidine rings is 1. The van der Waals surface area contributed by atoms with Gasteiger partial charge in [0, 0.05) is 42.3 Å². The molecule has 0 saturated carbocycles. The first kappa shape index (κ1) is 27.3. The molecule has 1 aliphatic heterocycles. The number of carbonyl (C=O) groups is 1. The van der Waals surface area contributed by atoms with Gasteiger partial charge in [-0.15, -0.1) is 12.4 Å². The summed E-state index contributed by atoms with van der Waals surface area (Å²) in [6.07, 6.45) is 7.02. The molecule has 0 bridgehead atoms. The summed E-state index contributed by atoms with van der Waals surface area (Å²) in [6.45, 7) is 1.19. The molecule has 2 aromatic carbocycles. The van der Waals surface area contributed by atoms with Gasteiger partial charge in [-0.05, 0) is 80.3 Å². The topological polar surface area (TPSA) is 97.8 Å². The fourth-order valence-corrected chi connectivity index (χ4v) is 4.69. The van der Waals surface area contributed by atoms with Crippen LogP contribution in [0, 0.1) is 12.8 Å². The second kappa shape index (κ2) is 11.7. The van der Waals surface area contributed by atoms with E-state index in [2.05, 4.69) is 20.0 Å². The molecule has 0 radical (unpaired) electrons. The van der Waals surface area contributed by atoms with Crippen LogP contribution in [0.15, 0.2) is 61.1 Å². The van der Waals surface area contributed by atoms with Gasteiger partial charge in [0.1, 0.15) is 5.75 Å². The molecule has 3 N–H and O–H groups in total. The Morgan fingerprint density at radius 1 is 1.16 bits per heavy atom. The quantitative estimate of drug-likeness (QED) is 0.330. The summed E-state index contributed by atoms with van der Waals surface area (Å²) >= 11 is 0. The molecular weight excluding hydrogens is 514 g/mol. The maximum Gasteiger partial charge on any atom is 0.387 e. The summed E-state index contributed by atoms with van der Waals surface area (Å²) in [5, 5.41) is 3.31. The average molecular weight is 543 g/mol. The Morgan fingerprint density at radius 2 is 1.89 bits per heavy atom. The molecule has 8 nitrogen and oxygen atoms in total. The number of nitrogens with two attached hydrogens (primary N) is 1. The first-order chi connectivity index (χ1) is 17.9. The summed E-state index contributed by atoms with van der Waals surface area (Å²) in [4.78, 5) is 23.9. The molecule has 0 atom stereocenters. The van der Waals surface area contributed by atoms with Crippen LogP contribution in [0.25, 0.3) is 16.9 Å². The molecular formula is C27H29ClF2N6O2. The lowest BCUT2D eigenvalue weighted by Crippen LogP contribution is -2.40. The molecule has 3 heterocycles. The number of likely N-dealkylation sites (tertiary alicyclic amines) is 1. The minimum atomic E-state index is -2.87. The maximum absolute atomic E-state index is 13.1. The zero-order chi connectivity index (χ0) is 25.9. The van der Waals surface area contributed by atoms with Crippen LogP contribution in [0.5, 0.6) is 5.75 Å². The van der Waals surface area contributed by atoms with Crippen LogP contribution < -0.4 is 15.8 Å². The van der Waals surface area contributed by atoms with Crippen LogP contribution in [0.2, 0.25) is 0 Å². The van der Waals surface area contributed by atoms with Gasteiger partial charge in [-0.1, -0.05) is 0 Å². The lowest BCUT2D eigenvalue weighted by molar-refractivity contribution is -0.0498. The van der Waals surface area contributed by atoms with E-state index in [4.69, 9.17) is 5.73 Å². The van der Waals surface area contributed by atoms with Crippen molar-refractivity contribution in [2.75, 3.05) is 25.0 Å². The highest BCUT2D eigenvalue weighted by Crippen LogP contribution is 2.28. The Balaban J connectivity index is 0.00000336. The van der Waals surface area contributed by atoms with Gasteiger partial charge in [-0.25, -0.2) is 9.97 Å². The number of fused-ring (bicyclic) bond motifs is 1. The van der Waals surface area contributed by atoms with Crippen molar-refractivity contribution in [1.29, 1.82) is 0 Å². The van der Waals surface area contributed by atoms with Gasteiger partial charge in [0.15, 0.2) is 11.5 Å². The van der Waals surface area contributed by atoms with Crippen LogP contribution in [0.1, 0.15) is 28.8 Å². The van der Waals surface area contributed by atoms with Gasteiger partial charge < -0.3 is 20.7 Å². The number of hydrogen-bond donors (Lipinski definition) is 2. The van der Waals surface area contributed by atoms with E-state index in [0.717, 1.165) is 48.4 Å². The highest BCUT2D eigenvalue weighted by Gasteiger charge is 2.24. The zero-order valence-electron chi connectivity index (χ0n) is 20.8. The lowest BCUT2D eigenvalue weighted by atomic mass is 9.96. The van der Waals surface area contributed by atoms with Crippen molar-refractivity contribution >= 4 is 35.5 Å². The number of alkyl halides is 2. The Kier molecular flexibility index (Phi) is 8.43.